The minimum absolute atomic E-state index is 0. The Morgan fingerprint density at radius 1 is 0.353 bits per heavy atom. The summed E-state index contributed by atoms with van der Waals surface area (Å²) >= 11 is 7.62. The third-order valence-corrected chi connectivity index (χ3v) is 16.2. The Bertz CT molecular complexity index is 956. The summed E-state index contributed by atoms with van der Waals surface area (Å²) in [5, 5.41) is -0.576. The summed E-state index contributed by atoms with van der Waals surface area (Å²) in [6.45, 7) is 17.5. The zero-order valence-electron chi connectivity index (χ0n) is 18.6. The molecule has 34 heavy (non-hydrogen) atoms. The quantitative estimate of drug-likeness (QED) is 0.110. The minimum atomic E-state index is -2.62. The molecular weight excluding hydrogens is 952 g/mol. The van der Waals surface area contributed by atoms with E-state index < -0.39 is 10.6 Å². The molecule has 0 atom stereocenters. The average molecular weight is 980 g/mol. The molecule has 4 aromatic carbocycles. The summed E-state index contributed by atoms with van der Waals surface area (Å²) in [4.78, 5) is 0. The first-order valence-electron chi connectivity index (χ1n) is 10.1. The molecule has 0 aromatic heterocycles. The van der Waals surface area contributed by atoms with Crippen LogP contribution in [0.2, 0.25) is 0 Å². The zero-order valence-corrected chi connectivity index (χ0v) is 27.9. The second-order valence-corrected chi connectivity index (χ2v) is 25.9. The first-order chi connectivity index (χ1) is 15.0. The number of hydrogen-bond acceptors (Lipinski definition) is 0. The Labute approximate surface area is 253 Å². The molecule has 4 aromatic rings. The van der Waals surface area contributed by atoms with E-state index in [-0.39, 0.29) is 44.8 Å². The summed E-state index contributed by atoms with van der Waals surface area (Å²) in [7, 11) is 0. The van der Waals surface area contributed by atoms with E-state index in [1.165, 1.54) is 21.2 Å². The van der Waals surface area contributed by atoms with Crippen molar-refractivity contribution in [3.8, 4) is 0 Å². The van der Waals surface area contributed by atoms with Crippen LogP contribution in [0, 0.1) is 26.7 Å². The van der Waals surface area contributed by atoms with Gasteiger partial charge in [0, 0.05) is 44.8 Å². The van der Waals surface area contributed by atoms with Gasteiger partial charge in [-0.3, -0.25) is 0 Å². The number of rotatable bonds is 4. The molecule has 0 amide bonds. The van der Waals surface area contributed by atoms with Crippen LogP contribution in [0.1, 0.15) is 0 Å². The van der Waals surface area contributed by atoms with Gasteiger partial charge in [0.2, 0.25) is 0 Å². The monoisotopic (exact) mass is 978 g/mol. The summed E-state index contributed by atoms with van der Waals surface area (Å²) in [6.07, 6.45) is 0. The van der Waals surface area contributed by atoms with Gasteiger partial charge in [-0.2, -0.15) is 0 Å². The number of hydrogen-bond donors (Lipinski definition) is 0. The molecule has 0 aliphatic heterocycles. The Morgan fingerprint density at radius 2 is 0.500 bits per heavy atom. The molecule has 0 saturated carbocycles. The summed E-state index contributed by atoms with van der Waals surface area (Å²) in [5.74, 6) is 0. The van der Waals surface area contributed by atoms with E-state index in [4.69, 9.17) is 0 Å². The van der Waals surface area contributed by atoms with Gasteiger partial charge < -0.3 is 0 Å². The van der Waals surface area contributed by atoms with E-state index in [0.717, 1.165) is 0 Å². The van der Waals surface area contributed by atoms with Crippen LogP contribution in [0.15, 0.2) is 121 Å². The standard InChI is InChI=1S/2C14H14BrP.2Au/c2*1-16(2,15,13-9-5-3-6-10-13)14-11-7-4-8-12-14;;/h2*3-12H,1-2H2;;/q2*-2;;. The Kier molecular flexibility index (Phi) is 12.0. The molecule has 0 bridgehead atoms. The van der Waals surface area contributed by atoms with Gasteiger partial charge in [-0.25, -0.2) is 0 Å². The molecule has 0 nitrogen and oxygen atoms in total. The average Bonchev–Trinajstić information content (AvgIpc) is 2.81. The van der Waals surface area contributed by atoms with Gasteiger partial charge >= 0.3 is 211 Å². The van der Waals surface area contributed by atoms with E-state index in [1.54, 1.807) is 0 Å². The third kappa shape index (κ3) is 7.60. The number of halogens is 2. The second kappa shape index (κ2) is 12.6. The first-order valence-corrected chi connectivity index (χ1v) is 19.4. The first kappa shape index (κ1) is 32.2. The van der Waals surface area contributed by atoms with Crippen molar-refractivity contribution in [1.82, 2.24) is 0 Å². The van der Waals surface area contributed by atoms with Crippen LogP contribution < -0.4 is 21.2 Å². The van der Waals surface area contributed by atoms with E-state index in [0.29, 0.717) is 0 Å². The summed E-state index contributed by atoms with van der Waals surface area (Å²) < 4.78 is 0. The zero-order chi connectivity index (χ0) is 23.3. The normalized spacial score (nSPS) is 13.2. The fourth-order valence-electron chi connectivity index (χ4n) is 3.38. The molecule has 2 radical (unpaired) electrons. The van der Waals surface area contributed by atoms with Crippen molar-refractivity contribution in [2.24, 2.45) is 0 Å². The molecule has 0 aliphatic carbocycles. The van der Waals surface area contributed by atoms with Crippen LogP contribution >= 0.6 is 41.6 Å². The second-order valence-electron chi connectivity index (χ2n) is 8.09. The molecule has 0 fully saturated rings. The molecule has 190 valence electrons. The molecule has 0 unspecified atom stereocenters. The maximum absolute atomic E-state index is 4.38. The Balaban J connectivity index is 0.000000321. The van der Waals surface area contributed by atoms with Crippen LogP contribution in [0.25, 0.3) is 0 Å². The van der Waals surface area contributed by atoms with Crippen LogP contribution in [0.3, 0.4) is 0 Å². The topological polar surface area (TPSA) is 0 Å². The van der Waals surface area contributed by atoms with E-state index in [9.17, 15) is 0 Å². The maximum atomic E-state index is 4.38. The summed E-state index contributed by atoms with van der Waals surface area (Å²) in [6, 6.07) is 40.9. The van der Waals surface area contributed by atoms with Crippen LogP contribution in [-0.4, -0.2) is 0 Å². The molecule has 0 N–H and O–H groups in total. The van der Waals surface area contributed by atoms with Gasteiger partial charge in [0.1, 0.15) is 0 Å². The van der Waals surface area contributed by atoms with Crippen molar-refractivity contribution in [2.45, 2.75) is 0 Å². The van der Waals surface area contributed by atoms with Crippen molar-refractivity contribution < 1.29 is 44.8 Å². The summed E-state index contributed by atoms with van der Waals surface area (Å²) in [5.41, 5.74) is 0. The van der Waals surface area contributed by atoms with Crippen LogP contribution in [-0.2, 0) is 44.8 Å². The fraction of sp³-hybridized carbons (Fsp3) is 0. The molecule has 6 heteroatoms. The predicted molar refractivity (Wildman–Crippen MR) is 157 cm³/mol. The van der Waals surface area contributed by atoms with Gasteiger partial charge in [0.05, 0.1) is 0 Å². The molecule has 0 spiro atoms. The molecule has 4 rings (SSSR count). The van der Waals surface area contributed by atoms with Crippen molar-refractivity contribution in [3.05, 3.63) is 148 Å². The van der Waals surface area contributed by atoms with Crippen molar-refractivity contribution in [1.29, 1.82) is 0 Å². The van der Waals surface area contributed by atoms with Gasteiger partial charge in [0.25, 0.3) is 0 Å². The van der Waals surface area contributed by atoms with Gasteiger partial charge in [0.15, 0.2) is 0 Å². The van der Waals surface area contributed by atoms with Gasteiger partial charge in [-0.05, 0) is 0 Å². The Hall–Kier alpha value is 0.181. The fourth-order valence-corrected chi connectivity index (χ4v) is 10.2. The van der Waals surface area contributed by atoms with Crippen LogP contribution in [0.5, 0.6) is 0 Å². The van der Waals surface area contributed by atoms with Crippen LogP contribution in [0.4, 0.5) is 0 Å². The third-order valence-electron chi connectivity index (χ3n) is 5.39. The van der Waals surface area contributed by atoms with Crippen molar-refractivity contribution in [2.75, 3.05) is 0 Å². The molecule has 0 saturated heterocycles. The van der Waals surface area contributed by atoms with Crippen molar-refractivity contribution in [3.63, 3.8) is 0 Å². The molecule has 0 aliphatic rings. The molecular formula is C28H28Au2Br2P2-4. The van der Waals surface area contributed by atoms with Gasteiger partial charge in [-0.15, -0.1) is 0 Å². The van der Waals surface area contributed by atoms with E-state index in [2.05, 4.69) is 106 Å². The van der Waals surface area contributed by atoms with E-state index in [1.807, 2.05) is 72.8 Å². The Morgan fingerprint density at radius 3 is 0.647 bits per heavy atom. The van der Waals surface area contributed by atoms with Crippen molar-refractivity contribution >= 4 is 62.8 Å². The van der Waals surface area contributed by atoms with E-state index >= 15 is 0 Å². The number of benzene rings is 4. The SMILES string of the molecule is [Au].[Au].[CH2-]P([CH2-])(Br)(c1ccccc1)c1ccccc1.[CH2-]P([CH2-])(Br)(c1ccccc1)c1ccccc1. The predicted octanol–water partition coefficient (Wildman–Crippen LogP) is 8.16. The van der Waals surface area contributed by atoms with Gasteiger partial charge in [-0.1, -0.05) is 0 Å². The molecule has 0 heterocycles.